The minimum Gasteiger partial charge on any atom is -0.442 e. The van der Waals surface area contributed by atoms with E-state index < -0.39 is 6.09 Å². The van der Waals surface area contributed by atoms with Crippen molar-refractivity contribution in [2.75, 3.05) is 11.9 Å². The molecule has 0 aliphatic carbocycles. The Bertz CT molecular complexity index is 892. The van der Waals surface area contributed by atoms with Crippen LogP contribution in [0.15, 0.2) is 46.0 Å². The SMILES string of the molecule is Cc1cc(Br)c(CC(=O)Nc2ccc(C3=NNC(=O)OC3)cc2)cc1C. The molecule has 0 saturated heterocycles. The van der Waals surface area contributed by atoms with Crippen molar-refractivity contribution in [3.05, 3.63) is 63.1 Å². The highest BCUT2D eigenvalue weighted by atomic mass is 79.9. The molecule has 134 valence electrons. The van der Waals surface area contributed by atoms with Gasteiger partial charge >= 0.3 is 6.09 Å². The second-order valence-electron chi connectivity index (χ2n) is 6.08. The van der Waals surface area contributed by atoms with Gasteiger partial charge in [0.1, 0.15) is 12.3 Å². The van der Waals surface area contributed by atoms with Crippen molar-refractivity contribution in [1.82, 2.24) is 5.43 Å². The van der Waals surface area contributed by atoms with E-state index >= 15 is 0 Å². The Morgan fingerprint density at radius 3 is 2.58 bits per heavy atom. The van der Waals surface area contributed by atoms with E-state index in [1.54, 1.807) is 12.1 Å². The van der Waals surface area contributed by atoms with Crippen LogP contribution in [0.5, 0.6) is 0 Å². The maximum absolute atomic E-state index is 12.3. The van der Waals surface area contributed by atoms with Crippen LogP contribution in [0.2, 0.25) is 0 Å². The van der Waals surface area contributed by atoms with Crippen LogP contribution in [0.1, 0.15) is 22.3 Å². The zero-order valence-corrected chi connectivity index (χ0v) is 16.0. The van der Waals surface area contributed by atoms with Crippen LogP contribution in [-0.4, -0.2) is 24.3 Å². The smallest absolute Gasteiger partial charge is 0.428 e. The number of carbonyl (C=O) groups excluding carboxylic acids is 2. The van der Waals surface area contributed by atoms with Crippen molar-refractivity contribution in [1.29, 1.82) is 0 Å². The molecule has 1 heterocycles. The van der Waals surface area contributed by atoms with E-state index in [1.807, 2.05) is 38.1 Å². The van der Waals surface area contributed by atoms with Gasteiger partial charge in [-0.1, -0.05) is 34.1 Å². The first-order valence-corrected chi connectivity index (χ1v) is 8.87. The fourth-order valence-corrected chi connectivity index (χ4v) is 3.16. The molecule has 3 rings (SSSR count). The molecule has 0 aromatic heterocycles. The number of nitrogens with one attached hydrogen (secondary N) is 2. The average molecular weight is 416 g/mol. The van der Waals surface area contributed by atoms with Crippen LogP contribution in [-0.2, 0) is 16.0 Å². The minimum atomic E-state index is -0.560. The third-order valence-corrected chi connectivity index (χ3v) is 4.88. The molecule has 26 heavy (non-hydrogen) atoms. The fourth-order valence-electron chi connectivity index (χ4n) is 2.56. The molecule has 0 bridgehead atoms. The van der Waals surface area contributed by atoms with Crippen molar-refractivity contribution < 1.29 is 14.3 Å². The van der Waals surface area contributed by atoms with Crippen LogP contribution in [0.3, 0.4) is 0 Å². The minimum absolute atomic E-state index is 0.0905. The number of benzene rings is 2. The summed E-state index contributed by atoms with van der Waals surface area (Å²) < 4.78 is 5.81. The number of aryl methyl sites for hydroxylation is 2. The second kappa shape index (κ2) is 7.70. The van der Waals surface area contributed by atoms with Gasteiger partial charge in [-0.25, -0.2) is 10.2 Å². The van der Waals surface area contributed by atoms with E-state index in [9.17, 15) is 9.59 Å². The first kappa shape index (κ1) is 18.1. The maximum atomic E-state index is 12.3. The van der Waals surface area contributed by atoms with Gasteiger partial charge < -0.3 is 10.1 Å². The summed E-state index contributed by atoms with van der Waals surface area (Å²) in [5.41, 5.74) is 7.70. The lowest BCUT2D eigenvalue weighted by Crippen LogP contribution is -2.30. The standard InChI is InChI=1S/C19H18BrN3O3/c1-11-7-14(16(20)8-12(11)2)9-18(24)21-15-5-3-13(4-6-15)17-10-26-19(25)23-22-17/h3-8H,9-10H2,1-2H3,(H,21,24)(H,23,25). The molecule has 0 fully saturated rings. The number of rotatable bonds is 4. The van der Waals surface area contributed by atoms with Crippen LogP contribution in [0, 0.1) is 13.8 Å². The molecule has 1 aliphatic heterocycles. The lowest BCUT2D eigenvalue weighted by Gasteiger charge is -2.13. The Kier molecular flexibility index (Phi) is 5.37. The largest absolute Gasteiger partial charge is 0.442 e. The topological polar surface area (TPSA) is 79.8 Å². The number of amides is 2. The van der Waals surface area contributed by atoms with Crippen LogP contribution >= 0.6 is 15.9 Å². The fraction of sp³-hybridized carbons (Fsp3) is 0.211. The number of hydrazone groups is 1. The summed E-state index contributed by atoms with van der Waals surface area (Å²) in [4.78, 5) is 23.3. The van der Waals surface area contributed by atoms with Gasteiger partial charge in [-0.2, -0.15) is 5.10 Å². The zero-order valence-electron chi connectivity index (χ0n) is 14.4. The molecule has 0 radical (unpaired) electrons. The van der Waals surface area contributed by atoms with E-state index in [0.29, 0.717) is 11.4 Å². The van der Waals surface area contributed by atoms with Crippen LogP contribution < -0.4 is 10.7 Å². The molecule has 2 amide bonds. The monoisotopic (exact) mass is 415 g/mol. The van der Waals surface area contributed by atoms with E-state index in [4.69, 9.17) is 4.74 Å². The first-order valence-electron chi connectivity index (χ1n) is 8.07. The molecule has 2 aromatic rings. The summed E-state index contributed by atoms with van der Waals surface area (Å²) in [7, 11) is 0. The number of anilines is 1. The number of carbonyl (C=O) groups is 2. The summed E-state index contributed by atoms with van der Waals surface area (Å²) in [6, 6.07) is 11.3. The Labute approximate surface area is 159 Å². The Morgan fingerprint density at radius 2 is 1.92 bits per heavy atom. The average Bonchev–Trinajstić information content (AvgIpc) is 2.61. The number of halogens is 1. The van der Waals surface area contributed by atoms with Gasteiger partial charge in [-0.05, 0) is 48.7 Å². The number of ether oxygens (including phenoxy) is 1. The van der Waals surface area contributed by atoms with Crippen molar-refractivity contribution in [2.24, 2.45) is 5.10 Å². The van der Waals surface area contributed by atoms with Crippen LogP contribution in [0.4, 0.5) is 10.5 Å². The molecule has 7 heteroatoms. The molecule has 0 unspecified atom stereocenters. The van der Waals surface area contributed by atoms with Crippen molar-refractivity contribution in [2.45, 2.75) is 20.3 Å². The number of hydrogen-bond acceptors (Lipinski definition) is 4. The van der Waals surface area contributed by atoms with E-state index in [1.165, 1.54) is 5.56 Å². The summed E-state index contributed by atoms with van der Waals surface area (Å²) in [6.07, 6.45) is -0.272. The van der Waals surface area contributed by atoms with E-state index in [0.717, 1.165) is 21.2 Å². The Hall–Kier alpha value is -2.67. The molecule has 2 aromatic carbocycles. The third-order valence-electron chi connectivity index (χ3n) is 4.14. The molecule has 0 spiro atoms. The summed E-state index contributed by atoms with van der Waals surface area (Å²) in [6.45, 7) is 4.19. The Balaban J connectivity index is 1.65. The van der Waals surface area contributed by atoms with Crippen molar-refractivity contribution in [3.8, 4) is 0 Å². The van der Waals surface area contributed by atoms with Gasteiger partial charge in [0.05, 0.1) is 6.42 Å². The highest BCUT2D eigenvalue weighted by Gasteiger charge is 2.14. The number of cyclic esters (lactones) is 1. The summed E-state index contributed by atoms with van der Waals surface area (Å²) >= 11 is 3.52. The molecule has 0 atom stereocenters. The maximum Gasteiger partial charge on any atom is 0.428 e. The molecule has 2 N–H and O–H groups in total. The van der Waals surface area contributed by atoms with Gasteiger partial charge in [0.15, 0.2) is 0 Å². The molecular weight excluding hydrogens is 398 g/mol. The normalized spacial score (nSPS) is 13.5. The lowest BCUT2D eigenvalue weighted by molar-refractivity contribution is -0.115. The van der Waals surface area contributed by atoms with E-state index in [2.05, 4.69) is 31.8 Å². The quantitative estimate of drug-likeness (QED) is 0.798. The highest BCUT2D eigenvalue weighted by Crippen LogP contribution is 2.22. The predicted molar refractivity (Wildman–Crippen MR) is 103 cm³/mol. The summed E-state index contributed by atoms with van der Waals surface area (Å²) in [5.74, 6) is -0.0905. The zero-order chi connectivity index (χ0) is 18.7. The number of hydrogen-bond donors (Lipinski definition) is 2. The van der Waals surface area contributed by atoms with Gasteiger partial charge in [-0.15, -0.1) is 0 Å². The van der Waals surface area contributed by atoms with Gasteiger partial charge in [-0.3, -0.25) is 4.79 Å². The van der Waals surface area contributed by atoms with Gasteiger partial charge in [0, 0.05) is 15.7 Å². The predicted octanol–water partition coefficient (Wildman–Crippen LogP) is 3.69. The lowest BCUT2D eigenvalue weighted by atomic mass is 10.0. The Morgan fingerprint density at radius 1 is 1.23 bits per heavy atom. The molecular formula is C19H18BrN3O3. The number of nitrogens with zero attached hydrogens (tertiary/aromatic N) is 1. The van der Waals surface area contributed by atoms with Crippen LogP contribution in [0.25, 0.3) is 0 Å². The van der Waals surface area contributed by atoms with Crippen molar-refractivity contribution >= 4 is 39.3 Å². The molecule has 6 nitrogen and oxygen atoms in total. The molecule has 1 aliphatic rings. The third kappa shape index (κ3) is 4.29. The van der Waals surface area contributed by atoms with Crippen molar-refractivity contribution in [3.63, 3.8) is 0 Å². The first-order chi connectivity index (χ1) is 12.4. The highest BCUT2D eigenvalue weighted by molar-refractivity contribution is 9.10. The van der Waals surface area contributed by atoms with Gasteiger partial charge in [0.2, 0.25) is 5.91 Å². The van der Waals surface area contributed by atoms with Gasteiger partial charge in [0.25, 0.3) is 0 Å². The second-order valence-corrected chi connectivity index (χ2v) is 6.93. The molecule has 0 saturated carbocycles. The summed E-state index contributed by atoms with van der Waals surface area (Å²) in [5, 5.41) is 6.84. The van der Waals surface area contributed by atoms with E-state index in [-0.39, 0.29) is 18.9 Å².